The molecule has 30 heavy (non-hydrogen) atoms. The zero-order chi connectivity index (χ0) is 22.6. The van der Waals surface area contributed by atoms with Gasteiger partial charge in [-0.05, 0) is 43.5 Å². The number of nitrogens with zero attached hydrogens (tertiary/aromatic N) is 2. The number of ether oxygens (including phenoxy) is 1. The molecule has 2 aromatic rings. The summed E-state index contributed by atoms with van der Waals surface area (Å²) in [7, 11) is 1.28. The van der Waals surface area contributed by atoms with Gasteiger partial charge in [-0.15, -0.1) is 11.8 Å². The Balaban J connectivity index is 2.09. The number of Topliss-reactive ketones (excluding diaryl/α,β-unsaturated/α-hetero) is 1. The van der Waals surface area contributed by atoms with Crippen LogP contribution in [0.5, 0.6) is 0 Å². The molecule has 0 amide bonds. The first-order chi connectivity index (χ1) is 14.1. The molecule has 8 nitrogen and oxygen atoms in total. The Kier molecular flexibility index (Phi) is 8.08. The number of rotatable bonds is 8. The lowest BCUT2D eigenvalue weighted by Crippen LogP contribution is -2.43. The van der Waals surface area contributed by atoms with Crippen LogP contribution in [-0.4, -0.2) is 33.2 Å². The highest BCUT2D eigenvalue weighted by molar-refractivity contribution is 9.10. The van der Waals surface area contributed by atoms with Gasteiger partial charge in [-0.2, -0.15) is 0 Å². The molecule has 0 unspecified atom stereocenters. The molecule has 1 heterocycles. The summed E-state index contributed by atoms with van der Waals surface area (Å²) >= 11 is 4.76. The van der Waals surface area contributed by atoms with Gasteiger partial charge in [0, 0.05) is 23.0 Å². The van der Waals surface area contributed by atoms with Crippen LogP contribution in [0, 0.1) is 13.8 Å². The summed E-state index contributed by atoms with van der Waals surface area (Å²) in [5.41, 5.74) is 6.22. The summed E-state index contributed by atoms with van der Waals surface area (Å²) in [6.07, 6.45) is 0.594. The minimum Gasteiger partial charge on any atom is -0.457 e. The van der Waals surface area contributed by atoms with Crippen molar-refractivity contribution in [1.29, 1.82) is 0 Å². The van der Waals surface area contributed by atoms with Crippen molar-refractivity contribution in [2.45, 2.75) is 38.6 Å². The normalized spacial score (nSPS) is 10.8. The van der Waals surface area contributed by atoms with Gasteiger partial charge in [-0.1, -0.05) is 22.9 Å². The van der Waals surface area contributed by atoms with E-state index < -0.39 is 29.6 Å². The second-order valence-electron chi connectivity index (χ2n) is 6.80. The SMILES string of the molecule is CCCn1c(N)c(C(=O)COC(=O)CSc2cc(C)c(Br)cc2C)c(=O)n(C)c1=O. The summed E-state index contributed by atoms with van der Waals surface area (Å²) in [5, 5.41) is 0. The Morgan fingerprint density at radius 2 is 1.87 bits per heavy atom. The summed E-state index contributed by atoms with van der Waals surface area (Å²) < 4.78 is 8.03. The molecule has 0 bridgehead atoms. The van der Waals surface area contributed by atoms with Gasteiger partial charge < -0.3 is 10.5 Å². The highest BCUT2D eigenvalue weighted by Gasteiger charge is 2.22. The third kappa shape index (κ3) is 5.23. The van der Waals surface area contributed by atoms with Crippen LogP contribution in [0.3, 0.4) is 0 Å². The molecule has 2 N–H and O–H groups in total. The second kappa shape index (κ2) is 10.1. The van der Waals surface area contributed by atoms with Crippen molar-refractivity contribution in [3.05, 3.63) is 54.1 Å². The Morgan fingerprint density at radius 3 is 2.50 bits per heavy atom. The van der Waals surface area contributed by atoms with Gasteiger partial charge in [0.05, 0.1) is 5.75 Å². The maximum Gasteiger partial charge on any atom is 0.332 e. The molecule has 10 heteroatoms. The first kappa shape index (κ1) is 23.9. The van der Waals surface area contributed by atoms with Crippen molar-refractivity contribution in [1.82, 2.24) is 9.13 Å². The predicted octanol–water partition coefficient (Wildman–Crippen LogP) is 2.44. The van der Waals surface area contributed by atoms with Crippen molar-refractivity contribution in [2.75, 3.05) is 18.1 Å². The quantitative estimate of drug-likeness (QED) is 0.338. The van der Waals surface area contributed by atoms with Gasteiger partial charge in [-0.3, -0.25) is 23.5 Å². The molecule has 0 radical (unpaired) electrons. The lowest BCUT2D eigenvalue weighted by atomic mass is 10.2. The molecule has 0 saturated heterocycles. The number of nitrogens with two attached hydrogens (primary N) is 1. The highest BCUT2D eigenvalue weighted by Crippen LogP contribution is 2.28. The minimum absolute atomic E-state index is 0.0119. The van der Waals surface area contributed by atoms with Crippen LogP contribution < -0.4 is 17.0 Å². The number of ketones is 1. The average Bonchev–Trinajstić information content (AvgIpc) is 2.70. The summed E-state index contributed by atoms with van der Waals surface area (Å²) in [6.45, 7) is 5.37. The first-order valence-electron chi connectivity index (χ1n) is 9.26. The molecule has 0 atom stereocenters. The number of hydrogen-bond donors (Lipinski definition) is 1. The highest BCUT2D eigenvalue weighted by atomic mass is 79.9. The van der Waals surface area contributed by atoms with E-state index in [0.717, 1.165) is 25.1 Å². The Hall–Kier alpha value is -2.33. The van der Waals surface area contributed by atoms with Crippen LogP contribution in [0.1, 0.15) is 34.8 Å². The molecule has 1 aromatic heterocycles. The second-order valence-corrected chi connectivity index (χ2v) is 8.67. The van der Waals surface area contributed by atoms with Crippen LogP contribution in [-0.2, 0) is 23.1 Å². The van der Waals surface area contributed by atoms with Crippen LogP contribution in [0.15, 0.2) is 31.1 Å². The van der Waals surface area contributed by atoms with Crippen molar-refractivity contribution in [2.24, 2.45) is 7.05 Å². The van der Waals surface area contributed by atoms with Gasteiger partial charge in [0.1, 0.15) is 11.4 Å². The Morgan fingerprint density at radius 1 is 1.20 bits per heavy atom. The molecule has 0 aliphatic carbocycles. The molecule has 0 fully saturated rings. The molecule has 2 rings (SSSR count). The van der Waals surface area contributed by atoms with Crippen molar-refractivity contribution >= 4 is 45.3 Å². The van der Waals surface area contributed by atoms with Crippen LogP contribution in [0.25, 0.3) is 0 Å². The van der Waals surface area contributed by atoms with E-state index in [-0.39, 0.29) is 23.7 Å². The summed E-state index contributed by atoms with van der Waals surface area (Å²) in [5.74, 6) is -1.53. The minimum atomic E-state index is -0.804. The molecule has 162 valence electrons. The van der Waals surface area contributed by atoms with Crippen LogP contribution >= 0.6 is 27.7 Å². The number of benzene rings is 1. The molecule has 0 spiro atoms. The van der Waals surface area contributed by atoms with Crippen molar-refractivity contribution in [3.63, 3.8) is 0 Å². The van der Waals surface area contributed by atoms with E-state index in [1.807, 2.05) is 32.9 Å². The van der Waals surface area contributed by atoms with Gasteiger partial charge >= 0.3 is 11.7 Å². The van der Waals surface area contributed by atoms with E-state index >= 15 is 0 Å². The monoisotopic (exact) mass is 497 g/mol. The number of carbonyl (C=O) groups excluding carboxylic acids is 2. The van der Waals surface area contributed by atoms with Crippen LogP contribution in [0.2, 0.25) is 0 Å². The van der Waals surface area contributed by atoms with E-state index in [4.69, 9.17) is 10.5 Å². The zero-order valence-corrected chi connectivity index (χ0v) is 19.7. The maximum atomic E-state index is 12.5. The number of aromatic nitrogens is 2. The number of nitrogen functional groups attached to an aromatic ring is 1. The lowest BCUT2D eigenvalue weighted by Gasteiger charge is -2.14. The Labute approximate surface area is 186 Å². The maximum absolute atomic E-state index is 12.5. The van der Waals surface area contributed by atoms with Gasteiger partial charge in [0.15, 0.2) is 6.61 Å². The number of anilines is 1. The fraction of sp³-hybridized carbons (Fsp3) is 0.400. The third-order valence-electron chi connectivity index (χ3n) is 4.48. The summed E-state index contributed by atoms with van der Waals surface area (Å²) in [6, 6.07) is 3.93. The van der Waals surface area contributed by atoms with Gasteiger partial charge in [0.2, 0.25) is 5.78 Å². The number of thioether (sulfide) groups is 1. The lowest BCUT2D eigenvalue weighted by molar-refractivity contribution is -0.139. The Bertz CT molecular complexity index is 1110. The topological polar surface area (TPSA) is 113 Å². The first-order valence-corrected chi connectivity index (χ1v) is 11.0. The third-order valence-corrected chi connectivity index (χ3v) is 6.46. The number of aryl methyl sites for hydroxylation is 2. The van der Waals surface area contributed by atoms with E-state index in [9.17, 15) is 19.2 Å². The standard InChI is InChI=1S/C20H24BrN3O5S/c1-5-6-24-18(22)17(19(27)23(4)20(24)28)14(25)9-29-16(26)10-30-15-8-11(2)13(21)7-12(15)3/h7-8H,5-6,9-10,22H2,1-4H3. The molecule has 0 aliphatic heterocycles. The van der Waals surface area contributed by atoms with Gasteiger partial charge in [0.25, 0.3) is 5.56 Å². The predicted molar refractivity (Wildman–Crippen MR) is 120 cm³/mol. The number of esters is 1. The van der Waals surface area contributed by atoms with Crippen molar-refractivity contribution in [3.8, 4) is 0 Å². The molecule has 1 aromatic carbocycles. The molecular weight excluding hydrogens is 474 g/mol. The van der Waals surface area contributed by atoms with E-state index in [1.165, 1.54) is 23.4 Å². The van der Waals surface area contributed by atoms with Crippen LogP contribution in [0.4, 0.5) is 5.82 Å². The smallest absolute Gasteiger partial charge is 0.332 e. The largest absolute Gasteiger partial charge is 0.457 e. The molecule has 0 saturated carbocycles. The molecule has 0 aliphatic rings. The van der Waals surface area contributed by atoms with E-state index in [2.05, 4.69) is 15.9 Å². The van der Waals surface area contributed by atoms with E-state index in [0.29, 0.717) is 6.42 Å². The average molecular weight is 498 g/mol. The number of carbonyl (C=O) groups is 2. The molecular formula is C20H24BrN3O5S. The fourth-order valence-corrected chi connectivity index (χ4v) is 4.15. The van der Waals surface area contributed by atoms with E-state index in [1.54, 1.807) is 0 Å². The zero-order valence-electron chi connectivity index (χ0n) is 17.3. The van der Waals surface area contributed by atoms with Gasteiger partial charge in [-0.25, -0.2) is 4.79 Å². The number of hydrogen-bond acceptors (Lipinski definition) is 7. The fourth-order valence-electron chi connectivity index (χ4n) is 2.79. The summed E-state index contributed by atoms with van der Waals surface area (Å²) in [4.78, 5) is 50.1. The number of halogens is 1. The van der Waals surface area contributed by atoms with Crippen molar-refractivity contribution < 1.29 is 14.3 Å².